The molecule has 79 valence electrons. The monoisotopic (exact) mass is 288 g/mol. The van der Waals surface area contributed by atoms with Crippen LogP contribution in [0.4, 0.5) is 11.6 Å². The van der Waals surface area contributed by atoms with Gasteiger partial charge >= 0.3 is 0 Å². The van der Waals surface area contributed by atoms with Crippen molar-refractivity contribution in [2.24, 2.45) is 0 Å². The summed E-state index contributed by atoms with van der Waals surface area (Å²) in [7, 11) is 0. The molecule has 0 saturated carbocycles. The Kier molecular flexibility index (Phi) is 5.49. The minimum atomic E-state index is 0. The molecule has 1 aromatic heterocycles. The fraction of sp³-hybridized carbons (Fsp3) is 0.182. The molecule has 1 N–H and O–H groups in total. The van der Waals surface area contributed by atoms with Crippen LogP contribution in [0.1, 0.15) is 12.7 Å². The van der Waals surface area contributed by atoms with Crippen LogP contribution in [-0.4, -0.2) is 15.0 Å². The number of aromatic nitrogens is 3. The van der Waals surface area contributed by atoms with Gasteiger partial charge in [-0.05, 0) is 18.6 Å². The second-order valence-corrected chi connectivity index (χ2v) is 3.02. The molecule has 0 aliphatic heterocycles. The standard InChI is InChI=1S/C11H11N4.Y/c1-2-10-12-8-13-11(15-10)14-9-6-4-3-5-7-9;/h3-7H,2H2,1H3,(H,12,13,14,15);/q-1;. The van der Waals surface area contributed by atoms with Crippen LogP contribution in [0.5, 0.6) is 0 Å². The fourth-order valence-electron chi connectivity index (χ4n) is 1.17. The maximum absolute atomic E-state index is 4.22. The number of hydrogen-bond donors (Lipinski definition) is 1. The minimum Gasteiger partial charge on any atom is -0.378 e. The normalized spacial score (nSPS) is 9.31. The van der Waals surface area contributed by atoms with Gasteiger partial charge in [-0.25, -0.2) is 0 Å². The summed E-state index contributed by atoms with van der Waals surface area (Å²) in [5.74, 6) is 1.27. The zero-order valence-corrected chi connectivity index (χ0v) is 11.9. The van der Waals surface area contributed by atoms with E-state index < -0.39 is 0 Å². The third-order valence-electron chi connectivity index (χ3n) is 1.92. The van der Waals surface area contributed by atoms with E-state index in [1.807, 2.05) is 37.3 Å². The summed E-state index contributed by atoms with van der Waals surface area (Å²) < 4.78 is 0. The molecule has 0 amide bonds. The van der Waals surface area contributed by atoms with Gasteiger partial charge in [-0.1, -0.05) is 25.1 Å². The van der Waals surface area contributed by atoms with Gasteiger partial charge in [-0.2, -0.15) is 0 Å². The van der Waals surface area contributed by atoms with Crippen molar-refractivity contribution in [2.75, 3.05) is 5.32 Å². The first kappa shape index (κ1) is 13.2. The van der Waals surface area contributed by atoms with Crippen molar-refractivity contribution in [3.8, 4) is 0 Å². The second-order valence-electron chi connectivity index (χ2n) is 3.02. The molecule has 0 bridgehead atoms. The van der Waals surface area contributed by atoms with Crippen molar-refractivity contribution in [3.05, 3.63) is 42.5 Å². The summed E-state index contributed by atoms with van der Waals surface area (Å²) in [5, 5.41) is 3.09. The molecule has 2 aromatic rings. The molecule has 5 heteroatoms. The molecular weight excluding hydrogens is 277 g/mol. The number of anilines is 2. The summed E-state index contributed by atoms with van der Waals surface area (Å²) >= 11 is 0. The van der Waals surface area contributed by atoms with Crippen LogP contribution >= 0.6 is 0 Å². The average Bonchev–Trinajstić information content (AvgIpc) is 2.31. The number of para-hydroxylation sites is 1. The van der Waals surface area contributed by atoms with Gasteiger partial charge in [0.15, 0.2) is 0 Å². The second kappa shape index (κ2) is 6.66. The molecule has 4 nitrogen and oxygen atoms in total. The van der Waals surface area contributed by atoms with Crippen LogP contribution in [0.25, 0.3) is 0 Å². The maximum Gasteiger partial charge on any atom is 0.113 e. The first-order valence-corrected chi connectivity index (χ1v) is 4.81. The molecule has 0 aliphatic rings. The quantitative estimate of drug-likeness (QED) is 0.877. The molecule has 1 aromatic carbocycles. The van der Waals surface area contributed by atoms with Crippen molar-refractivity contribution in [1.82, 2.24) is 15.0 Å². The van der Waals surface area contributed by atoms with Gasteiger partial charge in [-0.15, -0.1) is 0 Å². The van der Waals surface area contributed by atoms with Crippen LogP contribution in [0.3, 0.4) is 0 Å². The SMILES string of the molecule is CCc1n[c-]nc(Nc2ccccc2)n1.[Y]. The molecule has 0 aliphatic carbocycles. The van der Waals surface area contributed by atoms with Gasteiger partial charge in [0.25, 0.3) is 0 Å². The Balaban J connectivity index is 0.00000128. The van der Waals surface area contributed by atoms with Gasteiger partial charge < -0.3 is 20.3 Å². The first-order chi connectivity index (χ1) is 7.38. The van der Waals surface area contributed by atoms with E-state index in [4.69, 9.17) is 0 Å². The molecule has 0 saturated heterocycles. The number of nitrogens with one attached hydrogen (secondary N) is 1. The number of benzene rings is 1. The number of rotatable bonds is 3. The number of hydrogen-bond acceptors (Lipinski definition) is 4. The predicted octanol–water partition coefficient (Wildman–Crippen LogP) is 1.98. The van der Waals surface area contributed by atoms with Gasteiger partial charge in [-0.3, -0.25) is 0 Å². The summed E-state index contributed by atoms with van der Waals surface area (Å²) in [6.07, 6.45) is 3.36. The molecule has 1 radical (unpaired) electrons. The molecule has 0 fully saturated rings. The van der Waals surface area contributed by atoms with Crippen molar-refractivity contribution >= 4 is 11.6 Å². The first-order valence-electron chi connectivity index (χ1n) is 4.81. The van der Waals surface area contributed by atoms with Crippen molar-refractivity contribution in [1.29, 1.82) is 0 Å². The van der Waals surface area contributed by atoms with E-state index in [0.29, 0.717) is 5.95 Å². The van der Waals surface area contributed by atoms with Crippen LogP contribution < -0.4 is 5.32 Å². The number of nitrogens with zero attached hydrogens (tertiary/aromatic N) is 3. The van der Waals surface area contributed by atoms with E-state index in [0.717, 1.165) is 17.9 Å². The molecule has 0 atom stereocenters. The summed E-state index contributed by atoms with van der Waals surface area (Å²) in [6, 6.07) is 9.77. The van der Waals surface area contributed by atoms with E-state index >= 15 is 0 Å². The van der Waals surface area contributed by atoms with E-state index in [1.165, 1.54) is 0 Å². The Morgan fingerprint density at radius 2 is 1.94 bits per heavy atom. The topological polar surface area (TPSA) is 50.7 Å². The molecule has 0 spiro atoms. The van der Waals surface area contributed by atoms with E-state index in [1.54, 1.807) is 0 Å². The molecule has 0 unspecified atom stereocenters. The molecule has 16 heavy (non-hydrogen) atoms. The van der Waals surface area contributed by atoms with Crippen LogP contribution in [0.2, 0.25) is 0 Å². The average molecular weight is 288 g/mol. The van der Waals surface area contributed by atoms with Crippen molar-refractivity contribution in [2.45, 2.75) is 13.3 Å². The molecule has 2 rings (SSSR count). The van der Waals surface area contributed by atoms with Crippen LogP contribution in [0, 0.1) is 6.33 Å². The number of aryl methyl sites for hydroxylation is 1. The predicted molar refractivity (Wildman–Crippen MR) is 57.8 cm³/mol. The van der Waals surface area contributed by atoms with E-state index in [2.05, 4.69) is 26.6 Å². The largest absolute Gasteiger partial charge is 0.378 e. The van der Waals surface area contributed by atoms with E-state index in [9.17, 15) is 0 Å². The van der Waals surface area contributed by atoms with Crippen LogP contribution in [0.15, 0.2) is 30.3 Å². The third-order valence-corrected chi connectivity index (χ3v) is 1.92. The third kappa shape index (κ3) is 3.61. The van der Waals surface area contributed by atoms with E-state index in [-0.39, 0.29) is 32.7 Å². The smallest absolute Gasteiger partial charge is 0.113 e. The molecule has 1 heterocycles. The Hall–Kier alpha value is -0.866. The summed E-state index contributed by atoms with van der Waals surface area (Å²) in [4.78, 5) is 12.1. The fourth-order valence-corrected chi connectivity index (χ4v) is 1.17. The zero-order valence-electron chi connectivity index (χ0n) is 9.01. The van der Waals surface area contributed by atoms with Gasteiger partial charge in [0.1, 0.15) is 5.95 Å². The maximum atomic E-state index is 4.22. The Morgan fingerprint density at radius 1 is 1.19 bits per heavy atom. The molecular formula is C11H11N4Y-. The van der Waals surface area contributed by atoms with Gasteiger partial charge in [0, 0.05) is 50.5 Å². The summed E-state index contributed by atoms with van der Waals surface area (Å²) in [6.45, 7) is 2.00. The van der Waals surface area contributed by atoms with Crippen LogP contribution in [-0.2, 0) is 39.1 Å². The minimum absolute atomic E-state index is 0. The van der Waals surface area contributed by atoms with Gasteiger partial charge in [0.2, 0.25) is 0 Å². The Bertz CT molecular complexity index is 433. The van der Waals surface area contributed by atoms with Crippen molar-refractivity contribution < 1.29 is 32.7 Å². The Labute approximate surface area is 120 Å². The van der Waals surface area contributed by atoms with Crippen molar-refractivity contribution in [3.63, 3.8) is 0 Å². The Morgan fingerprint density at radius 3 is 2.62 bits per heavy atom. The van der Waals surface area contributed by atoms with Gasteiger partial charge in [0.05, 0.1) is 0 Å². The summed E-state index contributed by atoms with van der Waals surface area (Å²) in [5.41, 5.74) is 0.958. The zero-order chi connectivity index (χ0) is 10.5.